The van der Waals surface area contributed by atoms with Gasteiger partial charge < -0.3 is 20.2 Å². The predicted octanol–water partition coefficient (Wildman–Crippen LogP) is 0.439. The summed E-state index contributed by atoms with van der Waals surface area (Å²) in [5, 5.41) is 1.14. The first-order valence-electron chi connectivity index (χ1n) is 5.68. The highest BCUT2D eigenvalue weighted by Crippen LogP contribution is 2.26. The number of ether oxygens (including phenoxy) is 2. The Labute approximate surface area is 115 Å². The van der Waals surface area contributed by atoms with Crippen molar-refractivity contribution in [3.63, 3.8) is 0 Å². The number of nitrogens with two attached hydrogens (primary N) is 2. The maximum absolute atomic E-state index is 13.3. The van der Waals surface area contributed by atoms with Crippen LogP contribution < -0.4 is 16.3 Å². The van der Waals surface area contributed by atoms with E-state index < -0.39 is 17.8 Å². The van der Waals surface area contributed by atoms with Gasteiger partial charge in [0, 0.05) is 11.8 Å². The van der Waals surface area contributed by atoms with E-state index in [1.807, 2.05) is 0 Å². The van der Waals surface area contributed by atoms with Crippen molar-refractivity contribution in [3.8, 4) is 5.88 Å². The Hall–Kier alpha value is -2.35. The standard InChI is InChI=1S/C12H17FN4O3/c1-7(17(15)6-10(14)12(18)20-3)9-4-8(13)5-16-11(9)19-2/h4-7H,14-15H2,1-3H3/b10-6-. The van der Waals surface area contributed by atoms with Gasteiger partial charge in [0.1, 0.15) is 11.5 Å². The van der Waals surface area contributed by atoms with Gasteiger partial charge in [-0.05, 0) is 13.0 Å². The molecule has 20 heavy (non-hydrogen) atoms. The molecule has 0 aromatic carbocycles. The average molecular weight is 284 g/mol. The second-order valence-electron chi connectivity index (χ2n) is 3.95. The van der Waals surface area contributed by atoms with Crippen LogP contribution in [0.5, 0.6) is 5.88 Å². The summed E-state index contributed by atoms with van der Waals surface area (Å²) in [5.74, 6) is 4.78. The number of hydrazine groups is 1. The Morgan fingerprint density at radius 2 is 2.20 bits per heavy atom. The summed E-state index contributed by atoms with van der Waals surface area (Å²) in [6, 6.07) is 0.731. The normalized spacial score (nSPS) is 12.8. The molecule has 0 bridgehead atoms. The molecule has 0 spiro atoms. The van der Waals surface area contributed by atoms with Crippen molar-refractivity contribution in [3.05, 3.63) is 35.5 Å². The number of aromatic nitrogens is 1. The van der Waals surface area contributed by atoms with Crippen LogP contribution in [0.2, 0.25) is 0 Å². The third kappa shape index (κ3) is 3.58. The van der Waals surface area contributed by atoms with Gasteiger partial charge in [-0.3, -0.25) is 0 Å². The molecule has 1 rings (SSSR count). The summed E-state index contributed by atoms with van der Waals surface area (Å²) in [5.41, 5.74) is 5.73. The topological polar surface area (TPSA) is 104 Å². The Morgan fingerprint density at radius 1 is 1.55 bits per heavy atom. The van der Waals surface area contributed by atoms with Crippen LogP contribution in [0, 0.1) is 5.82 Å². The van der Waals surface area contributed by atoms with Gasteiger partial charge in [0.15, 0.2) is 0 Å². The lowest BCUT2D eigenvalue weighted by atomic mass is 10.1. The summed E-state index contributed by atoms with van der Waals surface area (Å²) in [6.07, 6.45) is 2.23. The number of esters is 1. The second-order valence-corrected chi connectivity index (χ2v) is 3.95. The smallest absolute Gasteiger partial charge is 0.355 e. The van der Waals surface area contributed by atoms with E-state index in [1.54, 1.807) is 6.92 Å². The summed E-state index contributed by atoms with van der Waals surface area (Å²) in [6.45, 7) is 1.68. The number of methoxy groups -OCH3 is 2. The summed E-state index contributed by atoms with van der Waals surface area (Å²) in [4.78, 5) is 15.0. The Bertz CT molecular complexity index is 521. The molecule has 8 heteroatoms. The summed E-state index contributed by atoms with van der Waals surface area (Å²) >= 11 is 0. The number of halogens is 1. The molecule has 0 saturated carbocycles. The molecule has 1 aromatic rings. The lowest BCUT2D eigenvalue weighted by Gasteiger charge is -2.24. The highest BCUT2D eigenvalue weighted by molar-refractivity contribution is 5.87. The van der Waals surface area contributed by atoms with Crippen molar-refractivity contribution >= 4 is 5.97 Å². The van der Waals surface area contributed by atoms with Crippen molar-refractivity contribution in [2.45, 2.75) is 13.0 Å². The molecular formula is C12H17FN4O3. The number of hydrogen-bond acceptors (Lipinski definition) is 7. The molecule has 0 aliphatic carbocycles. The zero-order chi connectivity index (χ0) is 15.3. The van der Waals surface area contributed by atoms with E-state index in [4.69, 9.17) is 16.3 Å². The van der Waals surface area contributed by atoms with Crippen LogP contribution in [0.15, 0.2) is 24.2 Å². The molecule has 4 N–H and O–H groups in total. The highest BCUT2D eigenvalue weighted by atomic mass is 19.1. The first kappa shape index (κ1) is 15.7. The van der Waals surface area contributed by atoms with Gasteiger partial charge in [-0.2, -0.15) is 0 Å². The van der Waals surface area contributed by atoms with E-state index in [9.17, 15) is 9.18 Å². The van der Waals surface area contributed by atoms with Crippen LogP contribution in [-0.2, 0) is 9.53 Å². The first-order chi connectivity index (χ1) is 9.40. The fourth-order valence-electron chi connectivity index (χ4n) is 1.52. The maximum atomic E-state index is 13.3. The van der Waals surface area contributed by atoms with Gasteiger partial charge in [-0.25, -0.2) is 20.0 Å². The third-order valence-electron chi connectivity index (χ3n) is 2.65. The number of carbonyl (C=O) groups is 1. The minimum atomic E-state index is -0.711. The molecule has 0 aliphatic heterocycles. The highest BCUT2D eigenvalue weighted by Gasteiger charge is 2.18. The molecular weight excluding hydrogens is 267 g/mol. The van der Waals surface area contributed by atoms with Gasteiger partial charge in [-0.1, -0.05) is 0 Å². The molecule has 0 fully saturated rings. The van der Waals surface area contributed by atoms with E-state index >= 15 is 0 Å². The van der Waals surface area contributed by atoms with Crippen LogP contribution in [0.1, 0.15) is 18.5 Å². The minimum absolute atomic E-state index is 0.176. The molecule has 0 amide bonds. The second kappa shape index (κ2) is 6.71. The van der Waals surface area contributed by atoms with Crippen molar-refractivity contribution in [2.75, 3.05) is 14.2 Å². The van der Waals surface area contributed by atoms with E-state index in [1.165, 1.54) is 26.5 Å². The number of carbonyl (C=O) groups excluding carboxylic acids is 1. The SMILES string of the molecule is COC(=O)/C(N)=C/N(N)C(C)c1cc(F)cnc1OC. The lowest BCUT2D eigenvalue weighted by Crippen LogP contribution is -2.31. The molecule has 110 valence electrons. The molecule has 1 aromatic heterocycles. The van der Waals surface area contributed by atoms with Gasteiger partial charge in [0.25, 0.3) is 0 Å². The Kier molecular flexibility index (Phi) is 5.27. The summed E-state index contributed by atoms with van der Waals surface area (Å²) in [7, 11) is 2.61. The van der Waals surface area contributed by atoms with Crippen molar-refractivity contribution < 1.29 is 18.7 Å². The molecule has 0 aliphatic rings. The van der Waals surface area contributed by atoms with Gasteiger partial charge >= 0.3 is 5.97 Å². The molecule has 1 heterocycles. The molecule has 0 saturated heterocycles. The van der Waals surface area contributed by atoms with Crippen molar-refractivity contribution in [1.29, 1.82) is 0 Å². The minimum Gasteiger partial charge on any atom is -0.481 e. The van der Waals surface area contributed by atoms with Crippen molar-refractivity contribution in [2.24, 2.45) is 11.6 Å². The van der Waals surface area contributed by atoms with Crippen LogP contribution in [0.4, 0.5) is 4.39 Å². The molecule has 1 unspecified atom stereocenters. The molecule has 1 atom stereocenters. The number of hydrogen-bond donors (Lipinski definition) is 2. The monoisotopic (exact) mass is 284 g/mol. The lowest BCUT2D eigenvalue weighted by molar-refractivity contribution is -0.136. The number of rotatable bonds is 5. The largest absolute Gasteiger partial charge is 0.481 e. The van der Waals surface area contributed by atoms with E-state index in [2.05, 4.69) is 9.72 Å². The van der Waals surface area contributed by atoms with Crippen molar-refractivity contribution in [1.82, 2.24) is 9.99 Å². The van der Waals surface area contributed by atoms with Crippen LogP contribution in [0.25, 0.3) is 0 Å². The zero-order valence-electron chi connectivity index (χ0n) is 11.5. The first-order valence-corrected chi connectivity index (χ1v) is 5.68. The number of pyridine rings is 1. The van der Waals surface area contributed by atoms with E-state index in [0.29, 0.717) is 5.56 Å². The van der Waals surface area contributed by atoms with Gasteiger partial charge in [0.05, 0.1) is 26.5 Å². The van der Waals surface area contributed by atoms with Gasteiger partial charge in [-0.15, -0.1) is 0 Å². The van der Waals surface area contributed by atoms with Crippen LogP contribution in [-0.4, -0.2) is 30.2 Å². The van der Waals surface area contributed by atoms with Crippen LogP contribution in [0.3, 0.4) is 0 Å². The fourth-order valence-corrected chi connectivity index (χ4v) is 1.52. The molecule has 7 nitrogen and oxygen atoms in total. The Morgan fingerprint density at radius 3 is 2.75 bits per heavy atom. The number of nitrogens with zero attached hydrogens (tertiary/aromatic N) is 2. The fraction of sp³-hybridized carbons (Fsp3) is 0.333. The van der Waals surface area contributed by atoms with Crippen LogP contribution >= 0.6 is 0 Å². The third-order valence-corrected chi connectivity index (χ3v) is 2.65. The summed E-state index contributed by atoms with van der Waals surface area (Å²) < 4.78 is 22.8. The van der Waals surface area contributed by atoms with E-state index in [-0.39, 0.29) is 11.6 Å². The Balaban J connectivity index is 3.02. The van der Waals surface area contributed by atoms with E-state index in [0.717, 1.165) is 11.2 Å². The quantitative estimate of drug-likeness (QED) is 0.350. The van der Waals surface area contributed by atoms with Gasteiger partial charge in [0.2, 0.25) is 5.88 Å². The average Bonchev–Trinajstić information content (AvgIpc) is 2.45. The maximum Gasteiger partial charge on any atom is 0.355 e. The predicted molar refractivity (Wildman–Crippen MR) is 69.5 cm³/mol. The molecule has 0 radical (unpaired) electrons. The zero-order valence-corrected chi connectivity index (χ0v) is 11.5.